The molecule has 2 unspecified atom stereocenters. The Balaban J connectivity index is 2.49. The van der Waals surface area contributed by atoms with Crippen LogP contribution in [-0.4, -0.2) is 23.3 Å². The molecular weight excluding hydrogens is 238 g/mol. The van der Waals surface area contributed by atoms with Crippen LogP contribution in [0.15, 0.2) is 36.7 Å². The van der Waals surface area contributed by atoms with Gasteiger partial charge in [-0.2, -0.15) is 0 Å². The quantitative estimate of drug-likeness (QED) is 0.919. The van der Waals surface area contributed by atoms with Gasteiger partial charge < -0.3 is 9.84 Å². The standard InChI is InChI=1S/C16H21NO2/c1-16(2,3)15(19-4)14(18)12-7-5-6-11-8-9-17-10-13(11)12/h5-10,14-15,18H,1-4H3. The van der Waals surface area contributed by atoms with Crippen LogP contribution in [-0.2, 0) is 4.74 Å². The normalized spacial score (nSPS) is 15.4. The van der Waals surface area contributed by atoms with Gasteiger partial charge in [-0.1, -0.05) is 39.0 Å². The van der Waals surface area contributed by atoms with Crippen LogP contribution in [0, 0.1) is 5.41 Å². The Bertz CT molecular complexity index is 555. The summed E-state index contributed by atoms with van der Waals surface area (Å²) in [6, 6.07) is 7.86. The number of fused-ring (bicyclic) bond motifs is 1. The minimum atomic E-state index is -0.669. The molecule has 3 heteroatoms. The Morgan fingerprint density at radius 2 is 1.95 bits per heavy atom. The highest BCUT2D eigenvalue weighted by Gasteiger charge is 2.32. The minimum absolute atomic E-state index is 0.140. The smallest absolute Gasteiger partial charge is 0.106 e. The second kappa shape index (κ2) is 5.27. The zero-order valence-corrected chi connectivity index (χ0v) is 11.9. The van der Waals surface area contributed by atoms with Gasteiger partial charge in [0, 0.05) is 24.9 Å². The van der Waals surface area contributed by atoms with Crippen molar-refractivity contribution in [1.82, 2.24) is 4.98 Å². The predicted molar refractivity (Wildman–Crippen MR) is 77.0 cm³/mol. The largest absolute Gasteiger partial charge is 0.386 e. The van der Waals surface area contributed by atoms with Crippen LogP contribution < -0.4 is 0 Å². The average molecular weight is 259 g/mol. The van der Waals surface area contributed by atoms with Crippen LogP contribution in [0.3, 0.4) is 0 Å². The van der Waals surface area contributed by atoms with E-state index in [1.807, 2.05) is 24.3 Å². The molecule has 1 aromatic heterocycles. The van der Waals surface area contributed by atoms with Crippen molar-refractivity contribution in [2.75, 3.05) is 7.11 Å². The van der Waals surface area contributed by atoms with Gasteiger partial charge >= 0.3 is 0 Å². The highest BCUT2D eigenvalue weighted by Crippen LogP contribution is 2.34. The van der Waals surface area contributed by atoms with Crippen LogP contribution >= 0.6 is 0 Å². The second-order valence-corrected chi connectivity index (χ2v) is 5.91. The Hall–Kier alpha value is -1.45. The SMILES string of the molecule is COC(C(O)c1cccc2ccncc12)C(C)(C)C. The van der Waals surface area contributed by atoms with E-state index in [2.05, 4.69) is 25.8 Å². The maximum atomic E-state index is 10.7. The molecule has 3 nitrogen and oxygen atoms in total. The Morgan fingerprint density at radius 3 is 2.58 bits per heavy atom. The molecule has 0 fully saturated rings. The first-order valence-electron chi connectivity index (χ1n) is 6.48. The van der Waals surface area contributed by atoms with E-state index in [1.165, 1.54) is 0 Å². The fourth-order valence-electron chi connectivity index (χ4n) is 2.51. The molecule has 0 aliphatic carbocycles. The van der Waals surface area contributed by atoms with E-state index < -0.39 is 6.10 Å². The van der Waals surface area contributed by atoms with Crippen molar-refractivity contribution in [2.45, 2.75) is 33.0 Å². The molecule has 2 aromatic rings. The highest BCUT2D eigenvalue weighted by molar-refractivity contribution is 5.85. The minimum Gasteiger partial charge on any atom is -0.386 e. The zero-order chi connectivity index (χ0) is 14.0. The number of nitrogens with zero attached hydrogens (tertiary/aromatic N) is 1. The number of ether oxygens (including phenoxy) is 1. The Labute approximate surface area is 114 Å². The lowest BCUT2D eigenvalue weighted by atomic mass is 9.82. The van der Waals surface area contributed by atoms with Crippen LogP contribution in [0.2, 0.25) is 0 Å². The number of pyridine rings is 1. The van der Waals surface area contributed by atoms with Gasteiger partial charge in [-0.15, -0.1) is 0 Å². The topological polar surface area (TPSA) is 42.4 Å². The van der Waals surface area contributed by atoms with Crippen LogP contribution in [0.4, 0.5) is 0 Å². The van der Waals surface area contributed by atoms with Crippen molar-refractivity contribution >= 4 is 10.8 Å². The van der Waals surface area contributed by atoms with E-state index in [4.69, 9.17) is 4.74 Å². The van der Waals surface area contributed by atoms with Crippen molar-refractivity contribution in [3.63, 3.8) is 0 Å². The molecule has 0 saturated carbocycles. The molecule has 1 aromatic carbocycles. The van der Waals surface area contributed by atoms with Gasteiger partial charge in [-0.25, -0.2) is 0 Å². The summed E-state index contributed by atoms with van der Waals surface area (Å²) in [5.41, 5.74) is 0.728. The van der Waals surface area contributed by atoms with Crippen molar-refractivity contribution in [2.24, 2.45) is 5.41 Å². The van der Waals surface area contributed by atoms with Gasteiger partial charge in [0.1, 0.15) is 6.10 Å². The first kappa shape index (κ1) is 14.0. The molecule has 102 valence electrons. The highest BCUT2D eigenvalue weighted by atomic mass is 16.5. The molecule has 0 aliphatic rings. The molecule has 0 saturated heterocycles. The summed E-state index contributed by atoms with van der Waals surface area (Å²) in [5, 5.41) is 12.7. The molecule has 2 atom stereocenters. The van der Waals surface area contributed by atoms with Crippen molar-refractivity contribution < 1.29 is 9.84 Å². The third-order valence-corrected chi connectivity index (χ3v) is 3.43. The number of benzene rings is 1. The van der Waals surface area contributed by atoms with Crippen LogP contribution in [0.5, 0.6) is 0 Å². The number of methoxy groups -OCH3 is 1. The van der Waals surface area contributed by atoms with Crippen molar-refractivity contribution in [3.8, 4) is 0 Å². The number of hydrogen-bond donors (Lipinski definition) is 1. The molecule has 19 heavy (non-hydrogen) atoms. The van der Waals surface area contributed by atoms with Crippen LogP contribution in [0.25, 0.3) is 10.8 Å². The predicted octanol–water partition coefficient (Wildman–Crippen LogP) is 3.33. The van der Waals surface area contributed by atoms with Gasteiger partial charge in [-0.05, 0) is 22.4 Å². The summed E-state index contributed by atoms with van der Waals surface area (Å²) in [6.07, 6.45) is 2.62. The lowest BCUT2D eigenvalue weighted by Crippen LogP contribution is -2.34. The Morgan fingerprint density at radius 1 is 1.21 bits per heavy atom. The van der Waals surface area contributed by atoms with Gasteiger partial charge in [0.05, 0.1) is 6.10 Å². The summed E-state index contributed by atoms with van der Waals surface area (Å²) < 4.78 is 5.51. The van der Waals surface area contributed by atoms with E-state index in [0.29, 0.717) is 0 Å². The Kier molecular flexibility index (Phi) is 3.88. The van der Waals surface area contributed by atoms with Gasteiger partial charge in [0.25, 0.3) is 0 Å². The molecule has 1 heterocycles. The fraction of sp³-hybridized carbons (Fsp3) is 0.438. The average Bonchev–Trinajstić information content (AvgIpc) is 2.37. The van der Waals surface area contributed by atoms with E-state index in [-0.39, 0.29) is 11.5 Å². The summed E-state index contributed by atoms with van der Waals surface area (Å²) >= 11 is 0. The van der Waals surface area contributed by atoms with Gasteiger partial charge in [0.2, 0.25) is 0 Å². The summed E-state index contributed by atoms with van der Waals surface area (Å²) in [4.78, 5) is 4.15. The van der Waals surface area contributed by atoms with E-state index >= 15 is 0 Å². The molecule has 0 spiro atoms. The van der Waals surface area contributed by atoms with E-state index in [0.717, 1.165) is 16.3 Å². The maximum absolute atomic E-state index is 10.7. The molecule has 0 bridgehead atoms. The summed E-state index contributed by atoms with van der Waals surface area (Å²) in [5.74, 6) is 0. The van der Waals surface area contributed by atoms with Gasteiger partial charge in [0.15, 0.2) is 0 Å². The molecule has 1 N–H and O–H groups in total. The van der Waals surface area contributed by atoms with Gasteiger partial charge in [-0.3, -0.25) is 4.98 Å². The number of rotatable bonds is 3. The second-order valence-electron chi connectivity index (χ2n) is 5.91. The summed E-state index contributed by atoms with van der Waals surface area (Å²) in [7, 11) is 1.64. The number of hydrogen-bond acceptors (Lipinski definition) is 3. The molecule has 2 rings (SSSR count). The zero-order valence-electron chi connectivity index (χ0n) is 11.9. The first-order chi connectivity index (χ1) is 8.95. The molecule has 0 aliphatic heterocycles. The van der Waals surface area contributed by atoms with Crippen LogP contribution in [0.1, 0.15) is 32.4 Å². The monoisotopic (exact) mass is 259 g/mol. The van der Waals surface area contributed by atoms with E-state index in [1.54, 1.807) is 19.5 Å². The third kappa shape index (κ3) is 2.77. The summed E-state index contributed by atoms with van der Waals surface area (Å²) in [6.45, 7) is 6.19. The lowest BCUT2D eigenvalue weighted by molar-refractivity contribution is -0.0718. The third-order valence-electron chi connectivity index (χ3n) is 3.43. The lowest BCUT2D eigenvalue weighted by Gasteiger charge is -2.33. The first-order valence-corrected chi connectivity index (χ1v) is 6.48. The van der Waals surface area contributed by atoms with Crippen molar-refractivity contribution in [1.29, 1.82) is 0 Å². The maximum Gasteiger partial charge on any atom is 0.106 e. The molecular formula is C16H21NO2. The fourth-order valence-corrected chi connectivity index (χ4v) is 2.51. The van der Waals surface area contributed by atoms with Crippen molar-refractivity contribution in [3.05, 3.63) is 42.2 Å². The van der Waals surface area contributed by atoms with E-state index in [9.17, 15) is 5.11 Å². The molecule has 0 amide bonds. The number of aliphatic hydroxyl groups excluding tert-OH is 1. The number of aliphatic hydroxyl groups is 1. The number of aromatic nitrogens is 1. The molecule has 0 radical (unpaired) electrons.